The summed E-state index contributed by atoms with van der Waals surface area (Å²) < 4.78 is 0. The third-order valence-electron chi connectivity index (χ3n) is 4.99. The Bertz CT molecular complexity index is 725. The maximum Gasteiger partial charge on any atom is 0.226 e. The van der Waals surface area contributed by atoms with Crippen LogP contribution in [-0.4, -0.2) is 29.1 Å². The number of anilines is 1. The number of nitrogens with two attached hydrogens (primary N) is 1. The van der Waals surface area contributed by atoms with E-state index in [4.69, 9.17) is 10.7 Å². The van der Waals surface area contributed by atoms with Crippen molar-refractivity contribution in [2.24, 2.45) is 5.73 Å². The van der Waals surface area contributed by atoms with E-state index in [0.29, 0.717) is 0 Å². The van der Waals surface area contributed by atoms with E-state index in [9.17, 15) is 0 Å². The number of aromatic nitrogens is 2. The van der Waals surface area contributed by atoms with Crippen LogP contribution in [-0.2, 0) is 12.8 Å². The van der Waals surface area contributed by atoms with Crippen LogP contribution in [0, 0.1) is 6.92 Å². The summed E-state index contributed by atoms with van der Waals surface area (Å²) in [5.41, 5.74) is 12.3. The highest BCUT2D eigenvalue weighted by molar-refractivity contribution is 5.63. The maximum absolute atomic E-state index is 6.03. The second-order valence-corrected chi connectivity index (χ2v) is 6.88. The first-order chi connectivity index (χ1) is 11.2. The Kier molecular flexibility index (Phi) is 3.77. The lowest BCUT2D eigenvalue weighted by Crippen LogP contribution is -2.27. The molecule has 0 radical (unpaired) electrons. The highest BCUT2D eigenvalue weighted by Gasteiger charge is 2.22. The van der Waals surface area contributed by atoms with Gasteiger partial charge in [0.15, 0.2) is 0 Å². The second-order valence-electron chi connectivity index (χ2n) is 6.88. The molecule has 1 saturated heterocycles. The Morgan fingerprint density at radius 1 is 1.09 bits per heavy atom. The number of hydrogen-bond donors (Lipinski definition) is 1. The zero-order valence-corrected chi connectivity index (χ0v) is 13.8. The van der Waals surface area contributed by atoms with Crippen molar-refractivity contribution in [2.75, 3.05) is 18.0 Å². The van der Waals surface area contributed by atoms with Gasteiger partial charge >= 0.3 is 0 Å². The minimum absolute atomic E-state index is 0.242. The van der Waals surface area contributed by atoms with Gasteiger partial charge in [0.2, 0.25) is 5.95 Å². The van der Waals surface area contributed by atoms with Crippen molar-refractivity contribution in [1.29, 1.82) is 0 Å². The number of fused-ring (bicyclic) bond motifs is 1. The molecule has 23 heavy (non-hydrogen) atoms. The molecule has 2 N–H and O–H groups in total. The van der Waals surface area contributed by atoms with Gasteiger partial charge < -0.3 is 10.6 Å². The van der Waals surface area contributed by atoms with Gasteiger partial charge in [0, 0.05) is 30.4 Å². The molecule has 4 rings (SSSR count). The van der Waals surface area contributed by atoms with E-state index in [1.165, 1.54) is 42.4 Å². The van der Waals surface area contributed by atoms with Crippen molar-refractivity contribution in [1.82, 2.24) is 9.97 Å². The molecule has 1 aromatic heterocycles. The summed E-state index contributed by atoms with van der Waals surface area (Å²) in [6.45, 7) is 3.85. The van der Waals surface area contributed by atoms with Crippen molar-refractivity contribution in [3.05, 3.63) is 41.1 Å². The van der Waals surface area contributed by atoms with Crippen LogP contribution in [0.2, 0.25) is 0 Å². The number of benzene rings is 1. The Hall–Kier alpha value is -1.94. The fourth-order valence-electron chi connectivity index (χ4n) is 3.70. The van der Waals surface area contributed by atoms with Crippen molar-refractivity contribution in [2.45, 2.75) is 45.1 Å². The van der Waals surface area contributed by atoms with Crippen LogP contribution in [0.1, 0.15) is 36.1 Å². The molecule has 1 aliphatic heterocycles. The van der Waals surface area contributed by atoms with E-state index in [1.54, 1.807) is 0 Å². The second kappa shape index (κ2) is 5.93. The summed E-state index contributed by atoms with van der Waals surface area (Å²) in [4.78, 5) is 11.7. The quantitative estimate of drug-likeness (QED) is 0.927. The van der Waals surface area contributed by atoms with E-state index in [2.05, 4.69) is 34.1 Å². The fraction of sp³-hybridized carbons (Fsp3) is 0.474. The molecular weight excluding hydrogens is 284 g/mol. The van der Waals surface area contributed by atoms with E-state index in [-0.39, 0.29) is 6.04 Å². The molecule has 1 atom stereocenters. The number of nitrogens with zero attached hydrogens (tertiary/aromatic N) is 3. The molecular formula is C19H24N4. The maximum atomic E-state index is 6.03. The first-order valence-electron chi connectivity index (χ1n) is 8.67. The molecule has 2 aromatic rings. The van der Waals surface area contributed by atoms with Crippen LogP contribution in [0.15, 0.2) is 24.3 Å². The summed E-state index contributed by atoms with van der Waals surface area (Å²) >= 11 is 0. The van der Waals surface area contributed by atoms with Gasteiger partial charge in [-0.2, -0.15) is 0 Å². The molecule has 1 aromatic carbocycles. The molecule has 0 amide bonds. The third-order valence-corrected chi connectivity index (χ3v) is 4.99. The Labute approximate surface area is 137 Å². The predicted octanol–water partition coefficient (Wildman–Crippen LogP) is 2.87. The van der Waals surface area contributed by atoms with Crippen LogP contribution in [0.5, 0.6) is 0 Å². The first kappa shape index (κ1) is 14.6. The van der Waals surface area contributed by atoms with Gasteiger partial charge in [0.1, 0.15) is 0 Å². The molecule has 1 unspecified atom stereocenters. The molecule has 0 bridgehead atoms. The van der Waals surface area contributed by atoms with Crippen LogP contribution in [0.25, 0.3) is 11.3 Å². The highest BCUT2D eigenvalue weighted by Crippen LogP contribution is 2.28. The van der Waals surface area contributed by atoms with Gasteiger partial charge in [-0.05, 0) is 62.3 Å². The van der Waals surface area contributed by atoms with Gasteiger partial charge in [-0.1, -0.05) is 12.1 Å². The van der Waals surface area contributed by atoms with Crippen molar-refractivity contribution in [3.8, 4) is 11.3 Å². The summed E-state index contributed by atoms with van der Waals surface area (Å²) in [6.07, 6.45) is 6.05. The SMILES string of the molecule is Cc1cc(-c2ccc3c(c2)CCCC3)nc(N2CCC(N)C2)n1. The first-order valence-corrected chi connectivity index (χ1v) is 8.67. The zero-order chi connectivity index (χ0) is 15.8. The predicted molar refractivity (Wildman–Crippen MR) is 93.7 cm³/mol. The number of hydrogen-bond acceptors (Lipinski definition) is 4. The van der Waals surface area contributed by atoms with Crippen molar-refractivity contribution < 1.29 is 0 Å². The number of rotatable bonds is 2. The minimum atomic E-state index is 0.242. The Morgan fingerprint density at radius 2 is 1.91 bits per heavy atom. The largest absolute Gasteiger partial charge is 0.339 e. The van der Waals surface area contributed by atoms with Crippen LogP contribution in [0.3, 0.4) is 0 Å². The Morgan fingerprint density at radius 3 is 2.70 bits per heavy atom. The van der Waals surface area contributed by atoms with Crippen LogP contribution in [0.4, 0.5) is 5.95 Å². The zero-order valence-electron chi connectivity index (χ0n) is 13.8. The fourth-order valence-corrected chi connectivity index (χ4v) is 3.70. The molecule has 4 heteroatoms. The molecule has 1 aliphatic carbocycles. The van der Waals surface area contributed by atoms with Crippen molar-refractivity contribution in [3.63, 3.8) is 0 Å². The summed E-state index contributed by atoms with van der Waals surface area (Å²) in [5.74, 6) is 0.825. The monoisotopic (exact) mass is 308 g/mol. The van der Waals surface area contributed by atoms with Gasteiger partial charge in [-0.15, -0.1) is 0 Å². The molecule has 1 fully saturated rings. The van der Waals surface area contributed by atoms with Crippen LogP contribution >= 0.6 is 0 Å². The third kappa shape index (κ3) is 2.95. The van der Waals surface area contributed by atoms with E-state index in [1.807, 2.05) is 6.92 Å². The minimum Gasteiger partial charge on any atom is -0.339 e. The van der Waals surface area contributed by atoms with Gasteiger partial charge in [0.25, 0.3) is 0 Å². The Balaban J connectivity index is 1.70. The number of aryl methyl sites for hydroxylation is 3. The lowest BCUT2D eigenvalue weighted by atomic mass is 9.90. The molecule has 0 saturated carbocycles. The molecule has 120 valence electrons. The van der Waals surface area contributed by atoms with E-state index >= 15 is 0 Å². The van der Waals surface area contributed by atoms with Crippen LogP contribution < -0.4 is 10.6 Å². The van der Waals surface area contributed by atoms with E-state index in [0.717, 1.165) is 36.8 Å². The molecule has 2 heterocycles. The van der Waals surface area contributed by atoms with Crippen molar-refractivity contribution >= 4 is 5.95 Å². The summed E-state index contributed by atoms with van der Waals surface area (Å²) in [5, 5.41) is 0. The van der Waals surface area contributed by atoms with E-state index < -0.39 is 0 Å². The summed E-state index contributed by atoms with van der Waals surface area (Å²) in [6, 6.07) is 9.16. The topological polar surface area (TPSA) is 55.0 Å². The molecule has 2 aliphatic rings. The average molecular weight is 308 g/mol. The normalized spacial score (nSPS) is 20.6. The average Bonchev–Trinajstić information content (AvgIpc) is 3.00. The lowest BCUT2D eigenvalue weighted by Gasteiger charge is -2.19. The lowest BCUT2D eigenvalue weighted by molar-refractivity contribution is 0.686. The summed E-state index contributed by atoms with van der Waals surface area (Å²) in [7, 11) is 0. The standard InChI is InChI=1S/C19H24N4/c1-13-10-18(22-19(21-13)23-9-8-17(20)12-23)16-7-6-14-4-2-3-5-15(14)11-16/h6-7,10-11,17H,2-5,8-9,12,20H2,1H3. The smallest absolute Gasteiger partial charge is 0.226 e. The van der Waals surface area contributed by atoms with Gasteiger partial charge in [0.05, 0.1) is 5.69 Å². The molecule has 4 nitrogen and oxygen atoms in total. The van der Waals surface area contributed by atoms with Gasteiger partial charge in [-0.25, -0.2) is 9.97 Å². The highest BCUT2D eigenvalue weighted by atomic mass is 15.3. The molecule has 0 spiro atoms. The van der Waals surface area contributed by atoms with Gasteiger partial charge in [-0.3, -0.25) is 0 Å².